The number of unbranched alkanes of at least 4 members (excludes halogenated alkanes) is 1. The molecule has 0 aliphatic heterocycles. The van der Waals surface area contributed by atoms with Gasteiger partial charge in [-0.1, -0.05) is 78.3 Å². The number of aromatic amines is 1. The van der Waals surface area contributed by atoms with Crippen LogP contribution in [0.25, 0.3) is 10.9 Å². The maximum Gasteiger partial charge on any atom is 0.326 e. The molecule has 3 rings (SSSR count). The van der Waals surface area contributed by atoms with E-state index in [1.54, 1.807) is 72.0 Å². The first kappa shape index (κ1) is 80.5. The lowest BCUT2D eigenvalue weighted by molar-refractivity contribution is -0.142. The van der Waals surface area contributed by atoms with Crippen molar-refractivity contribution in [1.29, 1.82) is 0 Å². The third kappa shape index (κ3) is 26.9. The molecule has 0 aliphatic carbocycles. The van der Waals surface area contributed by atoms with Crippen LogP contribution in [-0.4, -0.2) is 194 Å². The number of aliphatic hydroxyl groups is 1. The molecule has 0 radical (unpaired) electrons. The Bertz CT molecular complexity index is 3190. The molecule has 0 fully saturated rings. The van der Waals surface area contributed by atoms with E-state index >= 15 is 0 Å². The highest BCUT2D eigenvalue weighted by atomic mass is 16.4. The van der Waals surface area contributed by atoms with E-state index in [1.165, 1.54) is 38.1 Å². The third-order valence-corrected chi connectivity index (χ3v) is 15.5. The van der Waals surface area contributed by atoms with Crippen molar-refractivity contribution < 1.29 is 87.5 Å². The molecule has 1 heterocycles. The maximum absolute atomic E-state index is 14.2. The van der Waals surface area contributed by atoms with Crippen LogP contribution in [0.4, 0.5) is 0 Å². The first-order valence-electron chi connectivity index (χ1n) is 31.6. The molecule has 33 heteroatoms. The number of hydrogen-bond donors (Lipinski definition) is 19. The first-order valence-corrected chi connectivity index (χ1v) is 31.6. The van der Waals surface area contributed by atoms with Crippen molar-refractivity contribution in [3.05, 3.63) is 65.9 Å². The molecule has 33 nitrogen and oxygen atoms in total. The number of aliphatic hydroxyl groups excluding tert-OH is 1. The molecular weight excluding hydrogens is 1250 g/mol. The number of fused-ring (bicyclic) bond motifs is 1. The normalized spacial score (nSPS) is 15.0. The van der Waals surface area contributed by atoms with E-state index in [1.807, 2.05) is 0 Å². The fourth-order valence-corrected chi connectivity index (χ4v) is 9.86. The highest BCUT2D eigenvalue weighted by molar-refractivity contribution is 6.00. The number of aliphatic carboxylic acids is 2. The summed E-state index contributed by atoms with van der Waals surface area (Å²) in [6.45, 7) is 11.2. The monoisotopic (exact) mass is 1350 g/mol. The van der Waals surface area contributed by atoms with E-state index in [-0.39, 0.29) is 56.7 Å². The predicted molar refractivity (Wildman–Crippen MR) is 348 cm³/mol. The summed E-state index contributed by atoms with van der Waals surface area (Å²) in [5.41, 5.74) is 18.3. The number of carbonyl (C=O) groups is 14. The predicted octanol–water partition coefficient (Wildman–Crippen LogP) is -3.32. The van der Waals surface area contributed by atoms with Gasteiger partial charge in [0.2, 0.25) is 70.9 Å². The maximum atomic E-state index is 14.2. The van der Waals surface area contributed by atoms with Crippen molar-refractivity contribution in [2.75, 3.05) is 19.6 Å². The zero-order chi connectivity index (χ0) is 72.1. The number of para-hydroxylation sites is 1. The van der Waals surface area contributed by atoms with Gasteiger partial charge >= 0.3 is 11.9 Å². The number of nitrogens with one attached hydrogen (secondary N) is 12. The zero-order valence-electron chi connectivity index (χ0n) is 55.2. The smallest absolute Gasteiger partial charge is 0.326 e. The van der Waals surface area contributed by atoms with Crippen LogP contribution >= 0.6 is 0 Å². The number of amides is 12. The number of phenols is 1. The van der Waals surface area contributed by atoms with Crippen LogP contribution in [0.15, 0.2) is 54.7 Å². The van der Waals surface area contributed by atoms with Crippen molar-refractivity contribution in [2.24, 2.45) is 35.0 Å². The fraction of sp³-hybridized carbons (Fsp3) is 0.556. The third-order valence-electron chi connectivity index (χ3n) is 15.5. The van der Waals surface area contributed by atoms with E-state index < -0.39 is 194 Å². The van der Waals surface area contributed by atoms with Crippen molar-refractivity contribution in [3.63, 3.8) is 0 Å². The highest BCUT2D eigenvalue weighted by Gasteiger charge is 2.38. The molecule has 1 aromatic heterocycles. The molecule has 22 N–H and O–H groups in total. The molecule has 12 atom stereocenters. The average molecular weight is 1350 g/mol. The van der Waals surface area contributed by atoms with Crippen molar-refractivity contribution in [1.82, 2.24) is 63.5 Å². The van der Waals surface area contributed by atoms with Crippen LogP contribution in [-0.2, 0) is 80.0 Å². The lowest BCUT2D eigenvalue weighted by Gasteiger charge is -2.30. The Morgan fingerprint density at radius 3 is 1.67 bits per heavy atom. The zero-order valence-corrected chi connectivity index (χ0v) is 55.2. The van der Waals surface area contributed by atoms with E-state index in [2.05, 4.69) is 63.5 Å². The van der Waals surface area contributed by atoms with Crippen molar-refractivity contribution in [2.45, 2.75) is 186 Å². The molecule has 530 valence electrons. The Balaban J connectivity index is 1.77. The summed E-state index contributed by atoms with van der Waals surface area (Å²) < 4.78 is 0. The Morgan fingerprint density at radius 2 is 1.08 bits per heavy atom. The van der Waals surface area contributed by atoms with Crippen LogP contribution in [0.5, 0.6) is 5.75 Å². The van der Waals surface area contributed by atoms with Gasteiger partial charge < -0.3 is 101 Å². The summed E-state index contributed by atoms with van der Waals surface area (Å²) >= 11 is 0. The summed E-state index contributed by atoms with van der Waals surface area (Å²) in [5.74, 6) is -15.9. The van der Waals surface area contributed by atoms with Gasteiger partial charge in [-0.05, 0) is 99.6 Å². The summed E-state index contributed by atoms with van der Waals surface area (Å²) in [6.07, 6.45) is -1.43. The number of nitrogens with two attached hydrogens (primary N) is 3. The van der Waals surface area contributed by atoms with E-state index in [0.717, 1.165) is 0 Å². The van der Waals surface area contributed by atoms with Gasteiger partial charge in [0.05, 0.1) is 25.6 Å². The van der Waals surface area contributed by atoms with Crippen LogP contribution in [0.3, 0.4) is 0 Å². The summed E-state index contributed by atoms with van der Waals surface area (Å²) in [4.78, 5) is 190. The first-order chi connectivity index (χ1) is 45.2. The summed E-state index contributed by atoms with van der Waals surface area (Å²) in [6, 6.07) is -2.39. The molecule has 0 aliphatic rings. The van der Waals surface area contributed by atoms with Crippen LogP contribution in [0, 0.1) is 17.8 Å². The minimum absolute atomic E-state index is 0.0679. The number of rotatable bonds is 42. The molecule has 96 heavy (non-hydrogen) atoms. The van der Waals surface area contributed by atoms with Gasteiger partial charge in [0, 0.05) is 36.4 Å². The van der Waals surface area contributed by atoms with Gasteiger partial charge in [0.25, 0.3) is 0 Å². The topological polar surface area (TPSA) is 546 Å². The molecule has 3 aromatic rings. The number of benzene rings is 2. The van der Waals surface area contributed by atoms with E-state index in [4.69, 9.17) is 17.2 Å². The lowest BCUT2D eigenvalue weighted by Crippen LogP contribution is -2.61. The molecule has 12 amide bonds. The quantitative estimate of drug-likeness (QED) is 0.0247. The number of aromatic nitrogens is 1. The molecule has 2 aromatic carbocycles. The molecule has 0 spiro atoms. The van der Waals surface area contributed by atoms with Gasteiger partial charge in [-0.15, -0.1) is 0 Å². The fourth-order valence-electron chi connectivity index (χ4n) is 9.86. The van der Waals surface area contributed by atoms with Gasteiger partial charge in [-0.3, -0.25) is 62.3 Å². The number of hydrogen-bond acceptors (Lipinski definition) is 18. The Labute approximate surface area is 555 Å². The number of primary amides is 1. The van der Waals surface area contributed by atoms with E-state index in [9.17, 15) is 87.5 Å². The number of carbonyl (C=O) groups excluding carboxylic acids is 12. The van der Waals surface area contributed by atoms with Gasteiger partial charge in [0.15, 0.2) is 0 Å². The molecule has 0 saturated carbocycles. The highest BCUT2D eigenvalue weighted by Crippen LogP contribution is 2.21. The molecule has 0 bridgehead atoms. The number of carboxylic acids is 2. The second kappa shape index (κ2) is 39.8. The minimum atomic E-state index is -1.78. The standard InChI is InChI=1S/C63H95N15O18/c1-9-33(6)52(78-59(91)45(27-50(84)85)73-57(89)43(24-31(2)3)70-48(82)28-65)61(93)72-42(21-22-47(66)81)55(87)71-41(16-12-13-23-64)56(88)77-51(32(4)5)60(92)69-34(7)54(86)68-30-49(83)76-53(35(8)79)62(94)74-44(26-37-29-67-40-15-11-10-14-39(37)40)58(90)75-46(63(95)96)25-36-17-19-38(80)20-18-36/h10-11,14-15,17-20,29,31-35,41-46,51-53,67,79-80H,9,12-13,16,21-28,30,64-65H2,1-8H3,(H2,66,81)(H,68,86)(H,69,92)(H,70,82)(H,71,87)(H,72,93)(H,73,89)(H,74,94)(H,75,90)(H,76,83)(H,77,88)(H,78,91)(H,84,85)(H,95,96)/t33-,34-,35+,41-,42-,43-,44-,45-,46-,51-,52-,53-/m0/s1. The number of H-pyrrole nitrogens is 1. The van der Waals surface area contributed by atoms with Crippen LogP contribution in [0.1, 0.15) is 118 Å². The second-order valence-corrected chi connectivity index (χ2v) is 24.3. The van der Waals surface area contributed by atoms with Crippen LogP contribution in [0.2, 0.25) is 0 Å². The van der Waals surface area contributed by atoms with Gasteiger partial charge in [-0.25, -0.2) is 4.79 Å². The van der Waals surface area contributed by atoms with E-state index in [0.29, 0.717) is 28.5 Å². The van der Waals surface area contributed by atoms with Crippen LogP contribution < -0.4 is 75.7 Å². The van der Waals surface area contributed by atoms with Gasteiger partial charge in [0.1, 0.15) is 66.2 Å². The average Bonchev–Trinajstić information content (AvgIpc) is 1.63. The molecule has 0 unspecified atom stereocenters. The molecule has 0 saturated heterocycles. The summed E-state index contributed by atoms with van der Waals surface area (Å²) in [7, 11) is 0. The Hall–Kier alpha value is -9.76. The lowest BCUT2D eigenvalue weighted by atomic mass is 9.96. The Kier molecular flexibility index (Phi) is 33.4. The minimum Gasteiger partial charge on any atom is -0.508 e. The van der Waals surface area contributed by atoms with Crippen molar-refractivity contribution >= 4 is 93.7 Å². The number of phenolic OH excluding ortho intramolecular Hbond substituents is 1. The number of aromatic hydroxyl groups is 1. The Morgan fingerprint density at radius 1 is 0.542 bits per heavy atom. The largest absolute Gasteiger partial charge is 0.508 e. The van der Waals surface area contributed by atoms with Gasteiger partial charge in [-0.2, -0.15) is 0 Å². The SMILES string of the molecule is CC[C@H](C)[C@H](NC(=O)[C@H](CC(=O)O)NC(=O)[C@H](CC(C)C)NC(=O)CN)C(=O)N[C@@H](CCC(N)=O)C(=O)N[C@@H](CCCCN)C(=O)N[C@H](C(=O)N[C@@H](C)C(=O)NCC(=O)N[C@H](C(=O)N[C@@H](Cc1c[nH]c2ccccc12)C(=O)N[C@@H](Cc1ccc(O)cc1)C(=O)O)[C@@H](C)O)C(C)C. The molecular formula is C63H95N15O18. The second-order valence-electron chi connectivity index (χ2n) is 24.3. The summed E-state index contributed by atoms with van der Waals surface area (Å²) in [5, 5.41) is 67.9. The number of carboxylic acid groups (broad SMARTS) is 2. The van der Waals surface area contributed by atoms with Crippen molar-refractivity contribution in [3.8, 4) is 5.75 Å².